The fourth-order valence-electron chi connectivity index (χ4n) is 0.996. The molecule has 3 nitrogen and oxygen atoms in total. The first-order valence-electron chi connectivity index (χ1n) is 3.75. The Bertz CT molecular complexity index is 346. The van der Waals surface area contributed by atoms with Crippen molar-refractivity contribution in [2.24, 2.45) is 5.73 Å². The minimum atomic E-state index is -0.729. The third kappa shape index (κ3) is 2.02. The summed E-state index contributed by atoms with van der Waals surface area (Å²) in [5.41, 5.74) is 5.88. The van der Waals surface area contributed by atoms with Crippen LogP contribution < -0.4 is 5.73 Å². The second-order valence-corrected chi connectivity index (χ2v) is 2.64. The number of nitrogens with two attached hydrogens (primary N) is 1. The zero-order valence-electron chi connectivity index (χ0n) is 6.87. The van der Waals surface area contributed by atoms with E-state index in [-0.39, 0.29) is 17.7 Å². The van der Waals surface area contributed by atoms with Crippen molar-refractivity contribution in [2.45, 2.75) is 6.04 Å². The summed E-state index contributed by atoms with van der Waals surface area (Å²) in [7, 11) is 0. The Kier molecular flexibility index (Phi) is 2.96. The summed E-state index contributed by atoms with van der Waals surface area (Å²) in [6.45, 7) is -0.317. The monoisotopic (exact) mass is 180 g/mol. The van der Waals surface area contributed by atoms with Gasteiger partial charge in [0, 0.05) is 5.56 Å². The normalized spacial score (nSPS) is 12.2. The van der Waals surface area contributed by atoms with Gasteiger partial charge in [-0.05, 0) is 12.1 Å². The average molecular weight is 180 g/mol. The molecule has 0 aliphatic rings. The molecule has 1 atom stereocenters. The van der Waals surface area contributed by atoms with E-state index in [4.69, 9.17) is 16.1 Å². The molecule has 0 heterocycles. The number of aliphatic hydroxyl groups is 1. The SMILES string of the molecule is N#Cc1ccc([C@H](N)CO)c(F)c1. The molecule has 0 fully saturated rings. The van der Waals surface area contributed by atoms with Crippen LogP contribution in [-0.2, 0) is 0 Å². The number of nitriles is 1. The van der Waals surface area contributed by atoms with Gasteiger partial charge in [0.2, 0.25) is 0 Å². The predicted octanol–water partition coefficient (Wildman–Crippen LogP) is 0.689. The van der Waals surface area contributed by atoms with Gasteiger partial charge in [-0.3, -0.25) is 0 Å². The molecule has 1 aromatic carbocycles. The van der Waals surface area contributed by atoms with Crippen LogP contribution in [0.2, 0.25) is 0 Å². The van der Waals surface area contributed by atoms with Crippen LogP contribution in [0.25, 0.3) is 0 Å². The second-order valence-electron chi connectivity index (χ2n) is 2.64. The van der Waals surface area contributed by atoms with Gasteiger partial charge in [0.1, 0.15) is 5.82 Å². The van der Waals surface area contributed by atoms with E-state index in [9.17, 15) is 4.39 Å². The van der Waals surface area contributed by atoms with E-state index in [1.165, 1.54) is 12.1 Å². The Labute approximate surface area is 75.2 Å². The number of rotatable bonds is 2. The molecule has 0 radical (unpaired) electrons. The minimum absolute atomic E-state index is 0.224. The number of benzene rings is 1. The quantitative estimate of drug-likeness (QED) is 0.703. The molecule has 0 unspecified atom stereocenters. The summed E-state index contributed by atoms with van der Waals surface area (Å²) < 4.78 is 13.1. The molecule has 3 N–H and O–H groups in total. The van der Waals surface area contributed by atoms with Crippen molar-refractivity contribution in [3.05, 3.63) is 35.1 Å². The summed E-state index contributed by atoms with van der Waals surface area (Å²) in [5, 5.41) is 17.1. The first-order chi connectivity index (χ1) is 6.19. The van der Waals surface area contributed by atoms with Gasteiger partial charge in [0.25, 0.3) is 0 Å². The molecule has 0 amide bonds. The Morgan fingerprint density at radius 2 is 2.31 bits per heavy atom. The van der Waals surface area contributed by atoms with Gasteiger partial charge in [-0.2, -0.15) is 5.26 Å². The molecular formula is C9H9FN2O. The van der Waals surface area contributed by atoms with E-state index >= 15 is 0 Å². The molecule has 1 rings (SSSR count). The van der Waals surface area contributed by atoms with Crippen LogP contribution in [0.3, 0.4) is 0 Å². The van der Waals surface area contributed by atoms with E-state index in [1.54, 1.807) is 0 Å². The zero-order valence-corrected chi connectivity index (χ0v) is 6.87. The Morgan fingerprint density at radius 1 is 1.62 bits per heavy atom. The zero-order chi connectivity index (χ0) is 9.84. The Morgan fingerprint density at radius 3 is 2.77 bits per heavy atom. The van der Waals surface area contributed by atoms with Crippen LogP contribution in [0.15, 0.2) is 18.2 Å². The Hall–Kier alpha value is -1.44. The lowest BCUT2D eigenvalue weighted by Crippen LogP contribution is -2.16. The summed E-state index contributed by atoms with van der Waals surface area (Å²) in [6, 6.07) is 5.06. The topological polar surface area (TPSA) is 70.0 Å². The molecule has 0 saturated carbocycles. The molecule has 0 spiro atoms. The fraction of sp³-hybridized carbons (Fsp3) is 0.222. The van der Waals surface area contributed by atoms with E-state index < -0.39 is 11.9 Å². The highest BCUT2D eigenvalue weighted by Gasteiger charge is 2.10. The highest BCUT2D eigenvalue weighted by Crippen LogP contribution is 2.15. The molecule has 1 aromatic rings. The molecule has 0 bridgehead atoms. The van der Waals surface area contributed by atoms with Crippen LogP contribution in [0.5, 0.6) is 0 Å². The van der Waals surface area contributed by atoms with Crippen molar-refractivity contribution in [3.63, 3.8) is 0 Å². The number of hydrogen-bond acceptors (Lipinski definition) is 3. The van der Waals surface area contributed by atoms with E-state index in [0.717, 1.165) is 6.07 Å². The van der Waals surface area contributed by atoms with Crippen LogP contribution in [0, 0.1) is 17.1 Å². The molecular weight excluding hydrogens is 171 g/mol. The molecule has 0 aromatic heterocycles. The maximum Gasteiger partial charge on any atom is 0.129 e. The molecule has 0 saturated heterocycles. The van der Waals surface area contributed by atoms with Gasteiger partial charge in [0.05, 0.1) is 24.3 Å². The number of aliphatic hydroxyl groups excluding tert-OH is 1. The molecule has 68 valence electrons. The number of halogens is 1. The highest BCUT2D eigenvalue weighted by molar-refractivity contribution is 5.34. The maximum absolute atomic E-state index is 13.1. The number of hydrogen-bond donors (Lipinski definition) is 2. The third-order valence-electron chi connectivity index (χ3n) is 1.73. The average Bonchev–Trinajstić information content (AvgIpc) is 2.16. The van der Waals surface area contributed by atoms with E-state index in [1.807, 2.05) is 6.07 Å². The van der Waals surface area contributed by atoms with Gasteiger partial charge >= 0.3 is 0 Å². The molecule has 0 aliphatic carbocycles. The predicted molar refractivity (Wildman–Crippen MR) is 45.1 cm³/mol. The van der Waals surface area contributed by atoms with Gasteiger partial charge in [-0.1, -0.05) is 6.07 Å². The Balaban J connectivity index is 3.07. The number of nitrogens with zero attached hydrogens (tertiary/aromatic N) is 1. The van der Waals surface area contributed by atoms with Crippen molar-refractivity contribution >= 4 is 0 Å². The van der Waals surface area contributed by atoms with Gasteiger partial charge in [-0.15, -0.1) is 0 Å². The summed E-state index contributed by atoms with van der Waals surface area (Å²) in [5.74, 6) is -0.555. The van der Waals surface area contributed by atoms with Crippen molar-refractivity contribution in [3.8, 4) is 6.07 Å². The molecule has 13 heavy (non-hydrogen) atoms. The van der Waals surface area contributed by atoms with Gasteiger partial charge in [-0.25, -0.2) is 4.39 Å². The first kappa shape index (κ1) is 9.65. The smallest absolute Gasteiger partial charge is 0.129 e. The minimum Gasteiger partial charge on any atom is -0.394 e. The van der Waals surface area contributed by atoms with Crippen molar-refractivity contribution in [1.82, 2.24) is 0 Å². The third-order valence-corrected chi connectivity index (χ3v) is 1.73. The summed E-state index contributed by atoms with van der Waals surface area (Å²) in [6.07, 6.45) is 0. The van der Waals surface area contributed by atoms with E-state index in [2.05, 4.69) is 0 Å². The van der Waals surface area contributed by atoms with E-state index in [0.29, 0.717) is 0 Å². The van der Waals surface area contributed by atoms with Crippen molar-refractivity contribution in [1.29, 1.82) is 5.26 Å². The first-order valence-corrected chi connectivity index (χ1v) is 3.75. The van der Waals surface area contributed by atoms with Gasteiger partial charge in [0.15, 0.2) is 0 Å². The fourth-order valence-corrected chi connectivity index (χ4v) is 0.996. The molecule has 4 heteroatoms. The van der Waals surface area contributed by atoms with Gasteiger partial charge < -0.3 is 10.8 Å². The highest BCUT2D eigenvalue weighted by atomic mass is 19.1. The lowest BCUT2D eigenvalue weighted by molar-refractivity contribution is 0.265. The largest absolute Gasteiger partial charge is 0.394 e. The second kappa shape index (κ2) is 3.99. The van der Waals surface area contributed by atoms with Crippen LogP contribution in [0.4, 0.5) is 4.39 Å². The molecule has 0 aliphatic heterocycles. The van der Waals surface area contributed by atoms with Crippen molar-refractivity contribution < 1.29 is 9.50 Å². The van der Waals surface area contributed by atoms with Crippen molar-refractivity contribution in [2.75, 3.05) is 6.61 Å². The van der Waals surface area contributed by atoms with Crippen LogP contribution in [-0.4, -0.2) is 11.7 Å². The standard InChI is InChI=1S/C9H9FN2O/c10-8-3-6(4-11)1-2-7(8)9(12)5-13/h1-3,9,13H,5,12H2/t9-/m1/s1. The summed E-state index contributed by atoms with van der Waals surface area (Å²) >= 11 is 0. The maximum atomic E-state index is 13.1. The summed E-state index contributed by atoms with van der Waals surface area (Å²) in [4.78, 5) is 0. The lowest BCUT2D eigenvalue weighted by Gasteiger charge is -2.08. The van der Waals surface area contributed by atoms with Crippen LogP contribution >= 0.6 is 0 Å². The lowest BCUT2D eigenvalue weighted by atomic mass is 10.1. The van der Waals surface area contributed by atoms with Crippen LogP contribution in [0.1, 0.15) is 17.2 Å².